The molecule has 18 heavy (non-hydrogen) atoms. The zero-order valence-corrected chi connectivity index (χ0v) is 10.5. The van der Waals surface area contributed by atoms with Gasteiger partial charge in [0.15, 0.2) is 0 Å². The molecule has 1 aliphatic carbocycles. The van der Waals surface area contributed by atoms with Gasteiger partial charge in [0.05, 0.1) is 6.54 Å². The highest BCUT2D eigenvalue weighted by Gasteiger charge is 2.47. The molecule has 2 unspecified atom stereocenters. The maximum atomic E-state index is 12.4. The van der Waals surface area contributed by atoms with E-state index in [-0.39, 0.29) is 19.0 Å². The minimum Gasteiger partial charge on any atom is -0.480 e. The highest BCUT2D eigenvalue weighted by molar-refractivity contribution is 5.79. The minimum atomic E-state index is -4.25. The van der Waals surface area contributed by atoms with Crippen molar-refractivity contribution in [2.45, 2.75) is 43.9 Å². The number of hydrogen-bond donors (Lipinski definition) is 2. The third-order valence-corrected chi connectivity index (χ3v) is 3.68. The van der Waals surface area contributed by atoms with Gasteiger partial charge in [-0.1, -0.05) is 6.92 Å². The molecule has 2 atom stereocenters. The first-order valence-corrected chi connectivity index (χ1v) is 5.97. The lowest BCUT2D eigenvalue weighted by Gasteiger charge is -2.30. The van der Waals surface area contributed by atoms with E-state index >= 15 is 0 Å². The van der Waals surface area contributed by atoms with Crippen molar-refractivity contribution in [1.29, 1.82) is 0 Å². The normalized spacial score (nSPS) is 28.9. The second-order valence-corrected chi connectivity index (χ2v) is 4.71. The highest BCUT2D eigenvalue weighted by Crippen LogP contribution is 2.34. The number of carboxylic acid groups (broad SMARTS) is 1. The van der Waals surface area contributed by atoms with Crippen LogP contribution in [0.2, 0.25) is 0 Å². The number of halogens is 3. The molecule has 0 heterocycles. The number of likely N-dealkylation sites (N-methyl/N-ethyl adjacent to an activating group) is 1. The standard InChI is InChI=1S/C11H19F3N2O2/c1-3-16(7-11(12,13)14)8-4-5-10(6-8,15-2)9(17)18/h8,15H,3-7H2,1-2H3,(H,17,18). The lowest BCUT2D eigenvalue weighted by molar-refractivity contribution is -0.151. The molecule has 0 aromatic rings. The van der Waals surface area contributed by atoms with Crippen molar-refractivity contribution < 1.29 is 23.1 Å². The van der Waals surface area contributed by atoms with Crippen molar-refractivity contribution in [3.63, 3.8) is 0 Å². The average molecular weight is 268 g/mol. The molecular formula is C11H19F3N2O2. The third-order valence-electron chi connectivity index (χ3n) is 3.68. The zero-order valence-electron chi connectivity index (χ0n) is 10.5. The predicted molar refractivity (Wildman–Crippen MR) is 60.4 cm³/mol. The predicted octanol–water partition coefficient (Wildman–Crippen LogP) is 1.47. The Morgan fingerprint density at radius 1 is 1.56 bits per heavy atom. The summed E-state index contributed by atoms with van der Waals surface area (Å²) in [6.07, 6.45) is -3.21. The van der Waals surface area contributed by atoms with E-state index < -0.39 is 24.2 Å². The number of hydrogen-bond acceptors (Lipinski definition) is 3. The third kappa shape index (κ3) is 3.35. The van der Waals surface area contributed by atoms with Crippen LogP contribution in [0, 0.1) is 0 Å². The minimum absolute atomic E-state index is 0.211. The molecule has 0 spiro atoms. The van der Waals surface area contributed by atoms with Crippen molar-refractivity contribution in [3.05, 3.63) is 0 Å². The van der Waals surface area contributed by atoms with E-state index in [1.54, 1.807) is 6.92 Å². The highest BCUT2D eigenvalue weighted by atomic mass is 19.4. The number of nitrogens with zero attached hydrogens (tertiary/aromatic N) is 1. The summed E-state index contributed by atoms with van der Waals surface area (Å²) in [6, 6.07) is -0.333. The molecule has 0 aromatic heterocycles. The van der Waals surface area contributed by atoms with Crippen LogP contribution in [0.3, 0.4) is 0 Å². The molecule has 1 saturated carbocycles. The molecule has 0 radical (unpaired) electrons. The summed E-state index contributed by atoms with van der Waals surface area (Å²) in [5.74, 6) is -0.990. The summed E-state index contributed by atoms with van der Waals surface area (Å²) in [4.78, 5) is 12.5. The first-order chi connectivity index (χ1) is 8.24. The van der Waals surface area contributed by atoms with E-state index in [0.717, 1.165) is 0 Å². The fraction of sp³-hybridized carbons (Fsp3) is 0.909. The van der Waals surface area contributed by atoms with Crippen molar-refractivity contribution in [1.82, 2.24) is 10.2 Å². The number of rotatable bonds is 5. The number of alkyl halides is 3. The van der Waals surface area contributed by atoms with Crippen LogP contribution in [0.5, 0.6) is 0 Å². The van der Waals surface area contributed by atoms with Gasteiger partial charge >= 0.3 is 12.1 Å². The molecule has 1 rings (SSSR count). The van der Waals surface area contributed by atoms with E-state index in [1.807, 2.05) is 0 Å². The van der Waals surface area contributed by atoms with Gasteiger partial charge in [-0.25, -0.2) is 0 Å². The summed E-state index contributed by atoms with van der Waals surface area (Å²) in [6.45, 7) is 0.947. The zero-order chi connectivity index (χ0) is 14.0. The molecular weight excluding hydrogens is 249 g/mol. The van der Waals surface area contributed by atoms with E-state index in [2.05, 4.69) is 5.32 Å². The van der Waals surface area contributed by atoms with Gasteiger partial charge in [-0.05, 0) is 32.9 Å². The Hall–Kier alpha value is -0.820. The van der Waals surface area contributed by atoms with E-state index in [4.69, 9.17) is 5.11 Å². The molecule has 106 valence electrons. The maximum absolute atomic E-state index is 12.4. The Labute approximate surface area is 104 Å². The Bertz CT molecular complexity index is 309. The fourth-order valence-electron chi connectivity index (χ4n) is 2.59. The fourth-order valence-corrected chi connectivity index (χ4v) is 2.59. The summed E-state index contributed by atoms with van der Waals surface area (Å²) < 4.78 is 37.2. The van der Waals surface area contributed by atoms with Crippen LogP contribution < -0.4 is 5.32 Å². The maximum Gasteiger partial charge on any atom is 0.401 e. The van der Waals surface area contributed by atoms with Gasteiger partial charge in [-0.3, -0.25) is 9.69 Å². The van der Waals surface area contributed by atoms with Gasteiger partial charge in [0.25, 0.3) is 0 Å². The molecule has 0 bridgehead atoms. The smallest absolute Gasteiger partial charge is 0.401 e. The Kier molecular flexibility index (Phi) is 4.61. The molecule has 2 N–H and O–H groups in total. The van der Waals surface area contributed by atoms with Crippen LogP contribution in [-0.2, 0) is 4.79 Å². The van der Waals surface area contributed by atoms with Crippen LogP contribution in [0.25, 0.3) is 0 Å². The molecule has 0 aromatic carbocycles. The molecule has 1 aliphatic rings. The molecule has 4 nitrogen and oxygen atoms in total. The number of nitrogens with one attached hydrogen (secondary N) is 1. The summed E-state index contributed by atoms with van der Waals surface area (Å²) >= 11 is 0. The Morgan fingerprint density at radius 3 is 2.50 bits per heavy atom. The first kappa shape index (κ1) is 15.2. The number of carbonyl (C=O) groups is 1. The number of carboxylic acids is 1. The van der Waals surface area contributed by atoms with Crippen molar-refractivity contribution in [2.75, 3.05) is 20.1 Å². The van der Waals surface area contributed by atoms with E-state index in [9.17, 15) is 18.0 Å². The van der Waals surface area contributed by atoms with Crippen LogP contribution in [0.4, 0.5) is 13.2 Å². The second kappa shape index (κ2) is 5.44. The van der Waals surface area contributed by atoms with Crippen LogP contribution in [0.15, 0.2) is 0 Å². The Morgan fingerprint density at radius 2 is 2.17 bits per heavy atom. The average Bonchev–Trinajstić information content (AvgIpc) is 2.70. The van der Waals surface area contributed by atoms with E-state index in [0.29, 0.717) is 12.8 Å². The molecule has 7 heteroatoms. The van der Waals surface area contributed by atoms with Gasteiger partial charge in [-0.2, -0.15) is 13.2 Å². The summed E-state index contributed by atoms with van der Waals surface area (Å²) in [5.41, 5.74) is -1.08. The lowest BCUT2D eigenvalue weighted by atomic mass is 9.98. The first-order valence-electron chi connectivity index (χ1n) is 5.97. The lowest BCUT2D eigenvalue weighted by Crippen LogP contribution is -2.50. The van der Waals surface area contributed by atoms with Crippen molar-refractivity contribution in [3.8, 4) is 0 Å². The molecule has 0 amide bonds. The van der Waals surface area contributed by atoms with Crippen LogP contribution in [0.1, 0.15) is 26.2 Å². The summed E-state index contributed by atoms with van der Waals surface area (Å²) in [5, 5.41) is 11.9. The van der Waals surface area contributed by atoms with Gasteiger partial charge < -0.3 is 10.4 Å². The van der Waals surface area contributed by atoms with Gasteiger partial charge in [0.1, 0.15) is 5.54 Å². The number of aliphatic carboxylic acids is 1. The molecule has 0 saturated heterocycles. The topological polar surface area (TPSA) is 52.6 Å². The molecule has 1 fully saturated rings. The van der Waals surface area contributed by atoms with Crippen LogP contribution in [-0.4, -0.2) is 53.9 Å². The quantitative estimate of drug-likeness (QED) is 0.792. The monoisotopic (exact) mass is 268 g/mol. The van der Waals surface area contributed by atoms with Gasteiger partial charge in [-0.15, -0.1) is 0 Å². The van der Waals surface area contributed by atoms with Crippen LogP contribution >= 0.6 is 0 Å². The van der Waals surface area contributed by atoms with Crippen molar-refractivity contribution in [2.24, 2.45) is 0 Å². The second-order valence-electron chi connectivity index (χ2n) is 4.71. The molecule has 0 aliphatic heterocycles. The Balaban J connectivity index is 2.72. The summed E-state index contributed by atoms with van der Waals surface area (Å²) in [7, 11) is 1.54. The van der Waals surface area contributed by atoms with E-state index in [1.165, 1.54) is 11.9 Å². The van der Waals surface area contributed by atoms with Gasteiger partial charge in [0, 0.05) is 6.04 Å². The largest absolute Gasteiger partial charge is 0.480 e. The van der Waals surface area contributed by atoms with Gasteiger partial charge in [0.2, 0.25) is 0 Å². The van der Waals surface area contributed by atoms with Crippen molar-refractivity contribution >= 4 is 5.97 Å². The SMILES string of the molecule is CCN(CC(F)(F)F)C1CCC(NC)(C(=O)O)C1.